The zero-order valence-corrected chi connectivity index (χ0v) is 10.9. The van der Waals surface area contributed by atoms with Crippen molar-refractivity contribution < 1.29 is 0 Å². The van der Waals surface area contributed by atoms with Gasteiger partial charge < -0.3 is 5.32 Å². The summed E-state index contributed by atoms with van der Waals surface area (Å²) in [6, 6.07) is 5.49. The third-order valence-corrected chi connectivity index (χ3v) is 3.03. The van der Waals surface area contributed by atoms with Crippen molar-refractivity contribution in [2.24, 2.45) is 0 Å². The minimum atomic E-state index is -0.0312. The second kappa shape index (κ2) is 4.81. The fourth-order valence-electron chi connectivity index (χ4n) is 1.84. The van der Waals surface area contributed by atoms with Gasteiger partial charge in [0.1, 0.15) is 24.3 Å². The highest BCUT2D eigenvalue weighted by molar-refractivity contribution is 6.31. The van der Waals surface area contributed by atoms with Crippen LogP contribution in [0.1, 0.15) is 18.8 Å². The molecule has 7 heteroatoms. The van der Waals surface area contributed by atoms with Crippen LogP contribution in [0.15, 0.2) is 30.9 Å². The molecule has 1 unspecified atom stereocenters. The van der Waals surface area contributed by atoms with Crippen LogP contribution in [-0.2, 0) is 0 Å². The zero-order valence-electron chi connectivity index (χ0n) is 10.1. The Morgan fingerprint density at radius 2 is 2.11 bits per heavy atom. The molecule has 3 rings (SSSR count). The Kier molecular flexibility index (Phi) is 3.00. The molecule has 0 aliphatic rings. The largest absolute Gasteiger partial charge is 0.360 e. The van der Waals surface area contributed by atoms with Crippen molar-refractivity contribution in [3.05, 3.63) is 41.7 Å². The summed E-state index contributed by atoms with van der Waals surface area (Å²) < 4.78 is 0. The van der Waals surface area contributed by atoms with Crippen molar-refractivity contribution in [3.63, 3.8) is 0 Å². The monoisotopic (exact) mass is 274 g/mol. The number of hydrogen-bond acceptors (Lipinski definition) is 5. The van der Waals surface area contributed by atoms with Crippen LogP contribution in [0.4, 0.5) is 5.82 Å². The van der Waals surface area contributed by atoms with Crippen molar-refractivity contribution in [3.8, 4) is 0 Å². The number of hydrogen-bond donors (Lipinski definition) is 2. The van der Waals surface area contributed by atoms with E-state index in [-0.39, 0.29) is 6.04 Å². The summed E-state index contributed by atoms with van der Waals surface area (Å²) >= 11 is 5.95. The standard InChI is InChI=1S/C12H11ClN6/c1-7(11-16-6-17-19-11)18-12-9-3-2-8(13)4-10(9)14-5-15-12/h2-7H,1H3,(H,14,15,18)(H,16,17,19). The van der Waals surface area contributed by atoms with Crippen molar-refractivity contribution in [2.45, 2.75) is 13.0 Å². The number of H-pyrrole nitrogens is 1. The maximum Gasteiger partial charge on any atom is 0.146 e. The van der Waals surface area contributed by atoms with Crippen LogP contribution in [0.25, 0.3) is 10.9 Å². The summed E-state index contributed by atoms with van der Waals surface area (Å²) in [7, 11) is 0. The number of fused-ring (bicyclic) bond motifs is 1. The van der Waals surface area contributed by atoms with E-state index in [4.69, 9.17) is 11.6 Å². The van der Waals surface area contributed by atoms with E-state index in [9.17, 15) is 0 Å². The zero-order chi connectivity index (χ0) is 13.2. The molecular weight excluding hydrogens is 264 g/mol. The Balaban J connectivity index is 1.97. The SMILES string of the molecule is CC(Nc1ncnc2cc(Cl)ccc12)c1ncn[nH]1. The summed E-state index contributed by atoms with van der Waals surface area (Å²) in [5.74, 6) is 1.49. The summed E-state index contributed by atoms with van der Waals surface area (Å²) in [6.07, 6.45) is 2.99. The topological polar surface area (TPSA) is 79.4 Å². The molecule has 0 fully saturated rings. The number of nitrogens with zero attached hydrogens (tertiary/aromatic N) is 4. The fraction of sp³-hybridized carbons (Fsp3) is 0.167. The van der Waals surface area contributed by atoms with Crippen LogP contribution in [0, 0.1) is 0 Å². The predicted octanol–water partition coefficient (Wildman–Crippen LogP) is 2.57. The molecule has 0 spiro atoms. The molecule has 0 radical (unpaired) electrons. The average Bonchev–Trinajstić information content (AvgIpc) is 2.92. The van der Waals surface area contributed by atoms with E-state index in [2.05, 4.69) is 30.5 Å². The van der Waals surface area contributed by atoms with Gasteiger partial charge in [0.2, 0.25) is 0 Å². The molecule has 2 N–H and O–H groups in total. The van der Waals surface area contributed by atoms with Gasteiger partial charge in [-0.05, 0) is 25.1 Å². The van der Waals surface area contributed by atoms with E-state index in [1.165, 1.54) is 12.7 Å². The first kappa shape index (κ1) is 11.9. The number of halogens is 1. The quantitative estimate of drug-likeness (QED) is 0.767. The average molecular weight is 275 g/mol. The van der Waals surface area contributed by atoms with Crippen molar-refractivity contribution in [2.75, 3.05) is 5.32 Å². The smallest absolute Gasteiger partial charge is 0.146 e. The third kappa shape index (κ3) is 2.34. The molecule has 6 nitrogen and oxygen atoms in total. The molecule has 96 valence electrons. The van der Waals surface area contributed by atoms with Crippen LogP contribution in [0.5, 0.6) is 0 Å². The first-order chi connectivity index (χ1) is 9.24. The van der Waals surface area contributed by atoms with E-state index in [0.29, 0.717) is 5.02 Å². The maximum absolute atomic E-state index is 5.95. The summed E-state index contributed by atoms with van der Waals surface area (Å²) in [5, 5.41) is 11.5. The van der Waals surface area contributed by atoms with Crippen molar-refractivity contribution in [1.82, 2.24) is 25.1 Å². The third-order valence-electron chi connectivity index (χ3n) is 2.80. The fourth-order valence-corrected chi connectivity index (χ4v) is 2.01. The van der Waals surface area contributed by atoms with Crippen molar-refractivity contribution in [1.29, 1.82) is 0 Å². The molecule has 0 aliphatic heterocycles. The molecule has 0 bridgehead atoms. The van der Waals surface area contributed by atoms with Crippen LogP contribution < -0.4 is 5.32 Å². The molecule has 2 aromatic heterocycles. The number of aromatic nitrogens is 5. The molecule has 1 aromatic carbocycles. The number of benzene rings is 1. The number of aromatic amines is 1. The van der Waals surface area contributed by atoms with Gasteiger partial charge in [-0.15, -0.1) is 0 Å². The van der Waals surface area contributed by atoms with E-state index >= 15 is 0 Å². The molecule has 0 saturated heterocycles. The Labute approximate surface area is 114 Å². The molecule has 1 atom stereocenters. The lowest BCUT2D eigenvalue weighted by atomic mass is 10.2. The van der Waals surface area contributed by atoms with Gasteiger partial charge in [-0.3, -0.25) is 5.10 Å². The highest BCUT2D eigenvalue weighted by Gasteiger charge is 2.11. The highest BCUT2D eigenvalue weighted by atomic mass is 35.5. The lowest BCUT2D eigenvalue weighted by molar-refractivity contribution is 0.791. The Hall–Kier alpha value is -2.21. The minimum absolute atomic E-state index is 0.0312. The van der Waals surface area contributed by atoms with Gasteiger partial charge in [0, 0.05) is 10.4 Å². The Morgan fingerprint density at radius 1 is 1.21 bits per heavy atom. The van der Waals surface area contributed by atoms with Crippen LogP contribution >= 0.6 is 11.6 Å². The summed E-state index contributed by atoms with van der Waals surface area (Å²) in [6.45, 7) is 1.98. The first-order valence-electron chi connectivity index (χ1n) is 5.76. The van der Waals surface area contributed by atoms with E-state index in [0.717, 1.165) is 22.5 Å². The van der Waals surface area contributed by atoms with E-state index in [1.54, 1.807) is 0 Å². The maximum atomic E-state index is 5.95. The molecular formula is C12H11ClN6. The number of nitrogens with one attached hydrogen (secondary N) is 2. The van der Waals surface area contributed by atoms with E-state index in [1.807, 2.05) is 25.1 Å². The Bertz CT molecular complexity index is 697. The van der Waals surface area contributed by atoms with Crippen molar-refractivity contribution >= 4 is 28.3 Å². The lowest BCUT2D eigenvalue weighted by Gasteiger charge is -2.13. The van der Waals surface area contributed by atoms with Crippen LogP contribution in [0.3, 0.4) is 0 Å². The second-order valence-electron chi connectivity index (χ2n) is 4.12. The normalized spacial score (nSPS) is 12.5. The van der Waals surface area contributed by atoms with Gasteiger partial charge in [-0.25, -0.2) is 15.0 Å². The van der Waals surface area contributed by atoms with Gasteiger partial charge in [0.25, 0.3) is 0 Å². The van der Waals surface area contributed by atoms with Gasteiger partial charge in [-0.1, -0.05) is 11.6 Å². The molecule has 19 heavy (non-hydrogen) atoms. The van der Waals surface area contributed by atoms with Crippen LogP contribution in [-0.4, -0.2) is 25.1 Å². The summed E-state index contributed by atoms with van der Waals surface area (Å²) in [4.78, 5) is 12.6. The predicted molar refractivity (Wildman–Crippen MR) is 73.0 cm³/mol. The minimum Gasteiger partial charge on any atom is -0.360 e. The first-order valence-corrected chi connectivity index (χ1v) is 6.14. The molecule has 0 aliphatic carbocycles. The molecule has 2 heterocycles. The molecule has 0 amide bonds. The summed E-state index contributed by atoms with van der Waals surface area (Å²) in [5.41, 5.74) is 0.801. The number of rotatable bonds is 3. The molecule has 3 aromatic rings. The second-order valence-corrected chi connectivity index (χ2v) is 4.56. The molecule has 0 saturated carbocycles. The van der Waals surface area contributed by atoms with Gasteiger partial charge in [0.05, 0.1) is 11.6 Å². The van der Waals surface area contributed by atoms with Gasteiger partial charge >= 0.3 is 0 Å². The lowest BCUT2D eigenvalue weighted by Crippen LogP contribution is -2.10. The van der Waals surface area contributed by atoms with Gasteiger partial charge in [-0.2, -0.15) is 5.10 Å². The number of anilines is 1. The Morgan fingerprint density at radius 3 is 2.89 bits per heavy atom. The van der Waals surface area contributed by atoms with E-state index < -0.39 is 0 Å². The van der Waals surface area contributed by atoms with Gasteiger partial charge in [0.15, 0.2) is 0 Å². The highest BCUT2D eigenvalue weighted by Crippen LogP contribution is 2.24. The van der Waals surface area contributed by atoms with Crippen LogP contribution in [0.2, 0.25) is 5.02 Å².